The summed E-state index contributed by atoms with van der Waals surface area (Å²) in [5.74, 6) is -1.28. The first-order valence-electron chi connectivity index (χ1n) is 6.83. The summed E-state index contributed by atoms with van der Waals surface area (Å²) >= 11 is 0. The minimum Gasteiger partial charge on any atom is -0.465 e. The van der Waals surface area contributed by atoms with E-state index >= 15 is 0 Å². The van der Waals surface area contributed by atoms with Crippen LogP contribution < -0.4 is 4.74 Å². The van der Waals surface area contributed by atoms with Gasteiger partial charge in [-0.25, -0.2) is 9.59 Å². The van der Waals surface area contributed by atoms with Gasteiger partial charge in [-0.05, 0) is 23.8 Å². The number of nitrogens with zero attached hydrogens (tertiary/aromatic N) is 1. The molecule has 2 aromatic carbocycles. The van der Waals surface area contributed by atoms with Crippen molar-refractivity contribution in [3.8, 4) is 5.75 Å². The van der Waals surface area contributed by atoms with Gasteiger partial charge in [-0.3, -0.25) is 10.1 Å². The lowest BCUT2D eigenvalue weighted by Gasteiger charge is -2.06. The highest BCUT2D eigenvalue weighted by Crippen LogP contribution is 2.19. The molecular formula is C17H13NO6. The molecule has 7 nitrogen and oxygen atoms in total. The molecule has 7 heteroatoms. The van der Waals surface area contributed by atoms with Crippen molar-refractivity contribution >= 4 is 23.7 Å². The van der Waals surface area contributed by atoms with Gasteiger partial charge in [0.1, 0.15) is 11.3 Å². The molecule has 2 rings (SSSR count). The first-order chi connectivity index (χ1) is 11.5. The summed E-state index contributed by atoms with van der Waals surface area (Å²) in [6.07, 6.45) is 2.50. The number of non-ortho nitro benzene ring substituents is 1. The summed E-state index contributed by atoms with van der Waals surface area (Å²) in [6, 6.07) is 12.0. The summed E-state index contributed by atoms with van der Waals surface area (Å²) in [6.45, 7) is 0. The predicted molar refractivity (Wildman–Crippen MR) is 85.5 cm³/mol. The zero-order chi connectivity index (χ0) is 17.5. The second kappa shape index (κ2) is 7.68. The zero-order valence-electron chi connectivity index (χ0n) is 12.7. The van der Waals surface area contributed by atoms with E-state index in [2.05, 4.69) is 4.74 Å². The molecule has 0 aliphatic rings. The topological polar surface area (TPSA) is 95.7 Å². The van der Waals surface area contributed by atoms with E-state index in [0.717, 1.165) is 6.08 Å². The SMILES string of the molecule is COC(=O)c1ccccc1OC(=O)C=Cc1cccc([N+](=O)[O-])c1. The van der Waals surface area contributed by atoms with Gasteiger partial charge in [0.25, 0.3) is 5.69 Å². The quantitative estimate of drug-likeness (QED) is 0.275. The van der Waals surface area contributed by atoms with Crippen LogP contribution in [0, 0.1) is 10.1 Å². The van der Waals surface area contributed by atoms with Crippen LogP contribution in [-0.4, -0.2) is 24.0 Å². The van der Waals surface area contributed by atoms with E-state index in [4.69, 9.17) is 4.74 Å². The van der Waals surface area contributed by atoms with E-state index < -0.39 is 16.9 Å². The Labute approximate surface area is 137 Å². The van der Waals surface area contributed by atoms with Crippen LogP contribution in [0.25, 0.3) is 6.08 Å². The number of hydrogen-bond donors (Lipinski definition) is 0. The highest BCUT2D eigenvalue weighted by Gasteiger charge is 2.14. The lowest BCUT2D eigenvalue weighted by atomic mass is 10.2. The van der Waals surface area contributed by atoms with E-state index in [9.17, 15) is 19.7 Å². The minimum absolute atomic E-state index is 0.0676. The number of benzene rings is 2. The van der Waals surface area contributed by atoms with Gasteiger partial charge in [-0.15, -0.1) is 0 Å². The molecule has 0 aliphatic carbocycles. The molecular weight excluding hydrogens is 314 g/mol. The predicted octanol–water partition coefficient (Wildman–Crippen LogP) is 3.00. The normalized spacial score (nSPS) is 10.4. The summed E-state index contributed by atoms with van der Waals surface area (Å²) in [7, 11) is 1.23. The molecule has 0 heterocycles. The van der Waals surface area contributed by atoms with Gasteiger partial charge in [0, 0.05) is 18.2 Å². The van der Waals surface area contributed by atoms with E-state index in [1.165, 1.54) is 43.5 Å². The summed E-state index contributed by atoms with van der Waals surface area (Å²) in [4.78, 5) is 33.7. The summed E-state index contributed by atoms with van der Waals surface area (Å²) in [5.41, 5.74) is 0.515. The molecule has 0 unspecified atom stereocenters. The van der Waals surface area contributed by atoms with E-state index in [-0.39, 0.29) is 17.0 Å². The Morgan fingerprint density at radius 1 is 1.12 bits per heavy atom. The molecule has 0 aromatic heterocycles. The third-order valence-electron chi connectivity index (χ3n) is 3.00. The van der Waals surface area contributed by atoms with Crippen LogP contribution in [0.1, 0.15) is 15.9 Å². The average molecular weight is 327 g/mol. The molecule has 0 saturated heterocycles. The smallest absolute Gasteiger partial charge is 0.341 e. The van der Waals surface area contributed by atoms with Crippen molar-refractivity contribution < 1.29 is 24.0 Å². The summed E-state index contributed by atoms with van der Waals surface area (Å²) < 4.78 is 9.72. The Balaban J connectivity index is 2.13. The monoisotopic (exact) mass is 327 g/mol. The molecule has 2 aromatic rings. The Morgan fingerprint density at radius 2 is 1.88 bits per heavy atom. The fraction of sp³-hybridized carbons (Fsp3) is 0.0588. The van der Waals surface area contributed by atoms with Crippen molar-refractivity contribution in [3.05, 3.63) is 75.8 Å². The fourth-order valence-electron chi connectivity index (χ4n) is 1.88. The molecule has 0 aliphatic heterocycles. The van der Waals surface area contributed by atoms with Gasteiger partial charge in [0.15, 0.2) is 0 Å². The third-order valence-corrected chi connectivity index (χ3v) is 3.00. The largest absolute Gasteiger partial charge is 0.465 e. The zero-order valence-corrected chi connectivity index (χ0v) is 12.7. The highest BCUT2D eigenvalue weighted by atomic mass is 16.6. The second-order valence-corrected chi connectivity index (χ2v) is 4.59. The van der Waals surface area contributed by atoms with Crippen LogP contribution in [0.4, 0.5) is 5.69 Å². The van der Waals surface area contributed by atoms with Crippen molar-refractivity contribution in [2.24, 2.45) is 0 Å². The van der Waals surface area contributed by atoms with Crippen molar-refractivity contribution in [3.63, 3.8) is 0 Å². The number of hydrogen-bond acceptors (Lipinski definition) is 6. The Kier molecular flexibility index (Phi) is 5.40. The molecule has 122 valence electrons. The number of ether oxygens (including phenoxy) is 2. The van der Waals surface area contributed by atoms with Gasteiger partial charge in [-0.1, -0.05) is 24.3 Å². The Hall–Kier alpha value is -3.48. The standard InChI is InChI=1S/C17H13NO6/c1-23-17(20)14-7-2-3-8-15(14)24-16(19)10-9-12-5-4-6-13(11-12)18(21)22/h2-11H,1H3. The van der Waals surface area contributed by atoms with Crippen LogP contribution in [0.3, 0.4) is 0 Å². The lowest BCUT2D eigenvalue weighted by Crippen LogP contribution is -2.09. The van der Waals surface area contributed by atoms with Gasteiger partial charge in [0.2, 0.25) is 0 Å². The molecule has 0 atom stereocenters. The van der Waals surface area contributed by atoms with Crippen molar-refractivity contribution in [2.75, 3.05) is 7.11 Å². The number of nitro benzene ring substituents is 1. The lowest BCUT2D eigenvalue weighted by molar-refractivity contribution is -0.384. The maximum Gasteiger partial charge on any atom is 0.341 e. The van der Waals surface area contributed by atoms with Crippen LogP contribution in [-0.2, 0) is 9.53 Å². The van der Waals surface area contributed by atoms with Crippen LogP contribution in [0.2, 0.25) is 0 Å². The van der Waals surface area contributed by atoms with Crippen LogP contribution in [0.15, 0.2) is 54.6 Å². The van der Waals surface area contributed by atoms with Crippen molar-refractivity contribution in [2.45, 2.75) is 0 Å². The number of para-hydroxylation sites is 1. The van der Waals surface area contributed by atoms with Crippen LogP contribution in [0.5, 0.6) is 5.75 Å². The van der Waals surface area contributed by atoms with E-state index in [1.54, 1.807) is 18.2 Å². The van der Waals surface area contributed by atoms with Crippen LogP contribution >= 0.6 is 0 Å². The molecule has 0 amide bonds. The van der Waals surface area contributed by atoms with Gasteiger partial charge in [0.05, 0.1) is 12.0 Å². The molecule has 0 radical (unpaired) electrons. The average Bonchev–Trinajstić information content (AvgIpc) is 2.60. The fourth-order valence-corrected chi connectivity index (χ4v) is 1.88. The second-order valence-electron chi connectivity index (χ2n) is 4.59. The van der Waals surface area contributed by atoms with Crippen molar-refractivity contribution in [1.82, 2.24) is 0 Å². The number of rotatable bonds is 5. The molecule has 0 N–H and O–H groups in total. The minimum atomic E-state index is -0.724. The first kappa shape index (κ1) is 16.9. The molecule has 0 fully saturated rings. The van der Waals surface area contributed by atoms with Gasteiger partial charge in [-0.2, -0.15) is 0 Å². The third kappa shape index (κ3) is 4.26. The van der Waals surface area contributed by atoms with E-state index in [0.29, 0.717) is 5.56 Å². The molecule has 0 saturated carbocycles. The molecule has 24 heavy (non-hydrogen) atoms. The maximum atomic E-state index is 11.9. The number of carbonyl (C=O) groups excluding carboxylic acids is 2. The highest BCUT2D eigenvalue weighted by molar-refractivity contribution is 5.95. The number of carbonyl (C=O) groups is 2. The van der Waals surface area contributed by atoms with Crippen molar-refractivity contribution in [1.29, 1.82) is 0 Å². The number of nitro groups is 1. The number of methoxy groups -OCH3 is 1. The Bertz CT molecular complexity index is 812. The number of esters is 2. The molecule has 0 spiro atoms. The first-order valence-corrected chi connectivity index (χ1v) is 6.83. The maximum absolute atomic E-state index is 11.9. The Morgan fingerprint density at radius 3 is 2.58 bits per heavy atom. The van der Waals surface area contributed by atoms with Gasteiger partial charge < -0.3 is 9.47 Å². The van der Waals surface area contributed by atoms with E-state index in [1.807, 2.05) is 0 Å². The van der Waals surface area contributed by atoms with Gasteiger partial charge >= 0.3 is 11.9 Å². The molecule has 0 bridgehead atoms. The summed E-state index contributed by atoms with van der Waals surface area (Å²) in [5, 5.41) is 10.7.